The number of sulfonamides is 2. The van der Waals surface area contributed by atoms with E-state index in [1.807, 2.05) is 20.8 Å². The van der Waals surface area contributed by atoms with Crippen molar-refractivity contribution in [3.05, 3.63) is 0 Å². The average molecular weight is 889 g/mol. The Kier molecular flexibility index (Phi) is 24.9. The fraction of sp³-hybridized carbons (Fsp3) is 1.00. The molecule has 0 aromatic heterocycles. The summed E-state index contributed by atoms with van der Waals surface area (Å²) in [6.45, 7) is 20.6. The molecule has 0 bridgehead atoms. The van der Waals surface area contributed by atoms with Crippen molar-refractivity contribution < 1.29 is 90.2 Å². The smallest absolute Gasteiger partial charge is 0.394 e. The molecule has 0 aliphatic carbocycles. The van der Waals surface area contributed by atoms with Gasteiger partial charge in [0.05, 0.1) is 56.3 Å². The molecule has 0 saturated carbocycles. The molecule has 56 heavy (non-hydrogen) atoms. The van der Waals surface area contributed by atoms with E-state index in [9.17, 15) is 56.3 Å². The third kappa shape index (κ3) is 26.0. The van der Waals surface area contributed by atoms with Crippen molar-refractivity contribution in [1.29, 1.82) is 0 Å². The van der Waals surface area contributed by atoms with Crippen LogP contribution in [0.3, 0.4) is 0 Å². The number of aliphatic hydroxyl groups excluding tert-OH is 2. The van der Waals surface area contributed by atoms with Gasteiger partial charge in [-0.3, -0.25) is 0 Å². The zero-order valence-electron chi connectivity index (χ0n) is 33.6. The van der Waals surface area contributed by atoms with Crippen LogP contribution in [0.15, 0.2) is 0 Å². The average Bonchev–Trinajstić information content (AvgIpc) is 3.04. The van der Waals surface area contributed by atoms with Gasteiger partial charge in [0.15, 0.2) is 11.6 Å². The van der Waals surface area contributed by atoms with Gasteiger partial charge in [-0.1, -0.05) is 20.8 Å². The maximum atomic E-state index is 12.2. The van der Waals surface area contributed by atoms with Crippen LogP contribution in [0.25, 0.3) is 0 Å². The van der Waals surface area contributed by atoms with Gasteiger partial charge in [-0.2, -0.15) is 49.0 Å². The summed E-state index contributed by atoms with van der Waals surface area (Å²) >= 11 is 0. The van der Waals surface area contributed by atoms with E-state index in [0.717, 1.165) is 11.6 Å². The Labute approximate surface area is 324 Å². The van der Waals surface area contributed by atoms with E-state index in [0.29, 0.717) is 13.2 Å². The summed E-state index contributed by atoms with van der Waals surface area (Å²) < 4.78 is 176. The van der Waals surface area contributed by atoms with Crippen molar-refractivity contribution in [2.45, 2.75) is 122 Å². The van der Waals surface area contributed by atoms with E-state index < -0.39 is 79.7 Å². The summed E-state index contributed by atoms with van der Waals surface area (Å²) in [4.78, 5) is 2.38. The second-order valence-corrected chi connectivity index (χ2v) is 17.4. The first kappa shape index (κ1) is 59.1. The maximum Gasteiger partial charge on any atom is 0.511 e. The molecule has 0 aromatic carbocycles. The molecule has 2 rings (SSSR count). The predicted molar refractivity (Wildman–Crippen MR) is 188 cm³/mol. The number of hydrogen-bond acceptors (Lipinski definition) is 13. The van der Waals surface area contributed by atoms with E-state index in [-0.39, 0.29) is 25.4 Å². The van der Waals surface area contributed by atoms with E-state index in [2.05, 4.69) is 30.4 Å². The molecule has 0 radical (unpaired) electrons. The van der Waals surface area contributed by atoms with E-state index >= 15 is 0 Å². The lowest BCUT2D eigenvalue weighted by molar-refractivity contribution is -0.266. The molecule has 2 aliphatic rings. The van der Waals surface area contributed by atoms with Crippen LogP contribution in [0.5, 0.6) is 0 Å². The highest BCUT2D eigenvalue weighted by atomic mass is 32.2. The number of nitrogens with one attached hydrogen (secondary N) is 2. The zero-order valence-corrected chi connectivity index (χ0v) is 35.2. The Balaban J connectivity index is -0.000000652. The van der Waals surface area contributed by atoms with Gasteiger partial charge in [0.2, 0.25) is 0 Å². The quantitative estimate of drug-likeness (QED) is 0.189. The van der Waals surface area contributed by atoms with Crippen LogP contribution in [0.2, 0.25) is 0 Å². The van der Waals surface area contributed by atoms with E-state index in [4.69, 9.17) is 34.9 Å². The van der Waals surface area contributed by atoms with Gasteiger partial charge in [0.1, 0.15) is 6.61 Å². The Morgan fingerprint density at radius 1 is 0.679 bits per heavy atom. The van der Waals surface area contributed by atoms with Gasteiger partial charge >= 0.3 is 37.2 Å². The SMILES string of the molecule is CC(CO)(CO)NS(=O)(=O)C(F)(F)F.CC1(N)COC(C)(C)OC1.CC1(NS(=O)(=O)C(F)(F)F)COC(C)(C)OC1.CCN(CC)CC.CCOCC(F)(F)F. The van der Waals surface area contributed by atoms with Crippen molar-refractivity contribution >= 4 is 20.0 Å². The predicted octanol–water partition coefficient (Wildman–Crippen LogP) is 3.56. The molecular formula is C30H61F9N4O11S2. The number of alkyl halides is 9. The fourth-order valence-corrected chi connectivity index (χ4v) is 5.11. The molecule has 15 nitrogen and oxygen atoms in total. The first-order valence-corrected chi connectivity index (χ1v) is 19.9. The first-order chi connectivity index (χ1) is 24.8. The minimum Gasteiger partial charge on any atom is -0.394 e. The third-order valence-corrected chi connectivity index (χ3v) is 9.60. The molecule has 0 amide bonds. The van der Waals surface area contributed by atoms with Gasteiger partial charge in [-0.15, -0.1) is 0 Å². The second kappa shape index (κ2) is 23.6. The van der Waals surface area contributed by atoms with Crippen LogP contribution in [-0.4, -0.2) is 150 Å². The number of halogens is 9. The Morgan fingerprint density at radius 2 is 1.02 bits per heavy atom. The summed E-state index contributed by atoms with van der Waals surface area (Å²) in [5, 5.41) is 17.1. The van der Waals surface area contributed by atoms with Gasteiger partial charge in [-0.05, 0) is 75.0 Å². The van der Waals surface area contributed by atoms with Crippen LogP contribution >= 0.6 is 0 Å². The van der Waals surface area contributed by atoms with Crippen LogP contribution in [0, 0.1) is 0 Å². The number of aliphatic hydroxyl groups is 2. The van der Waals surface area contributed by atoms with Gasteiger partial charge in [0, 0.05) is 6.61 Å². The van der Waals surface area contributed by atoms with Crippen molar-refractivity contribution in [3.8, 4) is 0 Å². The summed E-state index contributed by atoms with van der Waals surface area (Å²) in [5.41, 5.74) is -8.71. The topological polar surface area (TPSA) is 208 Å². The molecule has 2 saturated heterocycles. The van der Waals surface area contributed by atoms with Gasteiger partial charge < -0.3 is 44.5 Å². The number of hydrogen-bond donors (Lipinski definition) is 5. The molecular weight excluding hydrogens is 827 g/mol. The highest BCUT2D eigenvalue weighted by molar-refractivity contribution is 7.90. The monoisotopic (exact) mass is 888 g/mol. The van der Waals surface area contributed by atoms with Crippen molar-refractivity contribution in [1.82, 2.24) is 14.3 Å². The van der Waals surface area contributed by atoms with Crippen LogP contribution in [0.1, 0.15) is 76.2 Å². The number of rotatable bonds is 11. The van der Waals surface area contributed by atoms with Crippen molar-refractivity contribution in [2.24, 2.45) is 5.73 Å². The van der Waals surface area contributed by atoms with E-state index in [1.54, 1.807) is 18.6 Å². The highest BCUT2D eigenvalue weighted by Crippen LogP contribution is 2.28. The highest BCUT2D eigenvalue weighted by Gasteiger charge is 2.51. The van der Waals surface area contributed by atoms with Gasteiger partial charge in [0.25, 0.3) is 0 Å². The standard InChI is InChI=1S/C8H14F3NO4S.C7H15NO2.C6H15N.C5H10F3NO4S.C4H7F3O/c1-6(2)15-4-7(3,5-16-6)12-17(13,14)8(9,10)11;1-6(2)9-4-7(3,8)5-10-6;1-4-7(5-2)6-3;1-4(2-10,3-11)9-14(12,13)5(6,7)8;1-2-8-3-4(5,6)7/h12H,4-5H2,1-3H3;4-5,8H2,1-3H3;4-6H2,1-3H3;9-11H,2-3H2,1H3;2-3H2,1H3. The lowest BCUT2D eigenvalue weighted by atomic mass is 10.1. The molecule has 6 N–H and O–H groups in total. The molecule has 342 valence electrons. The summed E-state index contributed by atoms with van der Waals surface area (Å²) in [5.74, 6) is -1.37. The molecule has 0 atom stereocenters. The number of ether oxygens (including phenoxy) is 5. The lowest BCUT2D eigenvalue weighted by Crippen LogP contribution is -2.60. The molecule has 2 fully saturated rings. The van der Waals surface area contributed by atoms with Crippen molar-refractivity contribution in [3.63, 3.8) is 0 Å². The fourth-order valence-electron chi connectivity index (χ4n) is 3.34. The number of nitrogens with two attached hydrogens (primary N) is 1. The Morgan fingerprint density at radius 3 is 1.23 bits per heavy atom. The summed E-state index contributed by atoms with van der Waals surface area (Å²) in [7, 11) is -11.0. The molecule has 2 heterocycles. The van der Waals surface area contributed by atoms with Crippen LogP contribution in [0.4, 0.5) is 39.5 Å². The zero-order chi connectivity index (χ0) is 45.3. The minimum absolute atomic E-state index is 0.111. The largest absolute Gasteiger partial charge is 0.511 e. The molecule has 26 heteroatoms. The first-order valence-electron chi connectivity index (χ1n) is 16.9. The van der Waals surface area contributed by atoms with Crippen LogP contribution in [-0.2, 0) is 43.7 Å². The normalized spacial score (nSPS) is 19.4. The summed E-state index contributed by atoms with van der Waals surface area (Å²) in [6.07, 6.45) is -4.17. The lowest BCUT2D eigenvalue weighted by Gasteiger charge is -2.41. The second-order valence-electron chi connectivity index (χ2n) is 14.0. The van der Waals surface area contributed by atoms with Gasteiger partial charge in [-0.25, -0.2) is 16.8 Å². The molecule has 2 aliphatic heterocycles. The number of nitrogens with zero attached hydrogens (tertiary/aromatic N) is 1. The Bertz CT molecular complexity index is 1270. The molecule has 0 aromatic rings. The maximum absolute atomic E-state index is 12.2. The summed E-state index contributed by atoms with van der Waals surface area (Å²) in [6, 6.07) is 0. The van der Waals surface area contributed by atoms with E-state index in [1.165, 1.54) is 33.5 Å². The molecule has 0 unspecified atom stereocenters. The Hall–Kier alpha value is -1.17. The third-order valence-electron chi connectivity index (χ3n) is 6.86. The minimum atomic E-state index is -5.55. The van der Waals surface area contributed by atoms with Crippen molar-refractivity contribution in [2.75, 3.05) is 72.5 Å². The molecule has 0 spiro atoms. The van der Waals surface area contributed by atoms with Crippen LogP contribution < -0.4 is 15.2 Å².